The van der Waals surface area contributed by atoms with Crippen molar-refractivity contribution in [2.75, 3.05) is 14.7 Å². The molecule has 0 saturated carbocycles. The van der Waals surface area contributed by atoms with Gasteiger partial charge in [-0.2, -0.15) is 0 Å². The van der Waals surface area contributed by atoms with Crippen molar-refractivity contribution < 1.29 is 0 Å². The average molecular weight is 817 g/mol. The van der Waals surface area contributed by atoms with E-state index < -0.39 is 0 Å². The third-order valence-electron chi connectivity index (χ3n) is 13.0. The number of hydrogen-bond acceptors (Lipinski definition) is 3. The highest BCUT2D eigenvalue weighted by atomic mass is 15.2. The van der Waals surface area contributed by atoms with Crippen LogP contribution < -0.4 is 14.7 Å². The van der Waals surface area contributed by atoms with Crippen molar-refractivity contribution in [3.63, 3.8) is 0 Å². The monoisotopic (exact) mass is 816 g/mol. The predicted molar refractivity (Wildman–Crippen MR) is 271 cm³/mol. The van der Waals surface area contributed by atoms with Gasteiger partial charge < -0.3 is 19.3 Å². The molecule has 1 aromatic heterocycles. The number of aromatic nitrogens is 1. The first kappa shape index (κ1) is 36.1. The van der Waals surface area contributed by atoms with Gasteiger partial charge in [-0.05, 0) is 125 Å². The number of anilines is 9. The molecule has 1 aliphatic rings. The maximum absolute atomic E-state index is 2.52. The SMILES string of the molecule is c1ccc(N(c2ccccc2)c2cccc3c4cc(cc23)N(c2ccc3ccccc3c2)c2cccc3c2c2c(cccc2n3-c2ccccc2)N4c2ccc3ccccc3c2)cc1. The third-order valence-corrected chi connectivity index (χ3v) is 13.0. The molecule has 0 amide bonds. The Morgan fingerprint density at radius 1 is 0.281 bits per heavy atom. The summed E-state index contributed by atoms with van der Waals surface area (Å²) in [7, 11) is 0. The first-order chi connectivity index (χ1) is 31.8. The first-order valence-corrected chi connectivity index (χ1v) is 21.9. The Kier molecular flexibility index (Phi) is 8.18. The molecule has 0 fully saturated rings. The molecule has 0 unspecified atom stereocenters. The quantitative estimate of drug-likeness (QED) is 0.166. The van der Waals surface area contributed by atoms with Crippen molar-refractivity contribution in [3.8, 4) is 5.69 Å². The van der Waals surface area contributed by atoms with E-state index in [0.29, 0.717) is 0 Å². The lowest BCUT2D eigenvalue weighted by molar-refractivity contribution is 1.18. The van der Waals surface area contributed by atoms with E-state index in [2.05, 4.69) is 262 Å². The topological polar surface area (TPSA) is 14.7 Å². The molecule has 2 heterocycles. The lowest BCUT2D eigenvalue weighted by Crippen LogP contribution is -2.14. The van der Waals surface area contributed by atoms with Gasteiger partial charge in [0.05, 0.1) is 33.8 Å². The highest BCUT2D eigenvalue weighted by Gasteiger charge is 2.30. The smallest absolute Gasteiger partial charge is 0.0563 e. The molecular weight excluding hydrogens is 777 g/mol. The summed E-state index contributed by atoms with van der Waals surface area (Å²) >= 11 is 0. The van der Waals surface area contributed by atoms with Crippen LogP contribution in [0.3, 0.4) is 0 Å². The van der Waals surface area contributed by atoms with Crippen molar-refractivity contribution in [1.29, 1.82) is 0 Å². The van der Waals surface area contributed by atoms with Crippen molar-refractivity contribution >= 4 is 105 Å². The molecule has 0 saturated heterocycles. The molecule has 0 N–H and O–H groups in total. The summed E-state index contributed by atoms with van der Waals surface area (Å²) < 4.78 is 2.44. The summed E-state index contributed by atoms with van der Waals surface area (Å²) in [4.78, 5) is 7.42. The van der Waals surface area contributed by atoms with Crippen LogP contribution in [0, 0.1) is 0 Å². The maximum atomic E-state index is 2.52. The van der Waals surface area contributed by atoms with Crippen molar-refractivity contribution in [3.05, 3.63) is 243 Å². The summed E-state index contributed by atoms with van der Waals surface area (Å²) in [6.45, 7) is 0. The van der Waals surface area contributed by atoms with E-state index in [1.807, 2.05) is 0 Å². The van der Waals surface area contributed by atoms with Crippen LogP contribution in [0.15, 0.2) is 243 Å². The number of benzene rings is 11. The van der Waals surface area contributed by atoms with Crippen LogP contribution in [0.1, 0.15) is 0 Å². The maximum Gasteiger partial charge on any atom is 0.0563 e. The van der Waals surface area contributed by atoms with E-state index >= 15 is 0 Å². The predicted octanol–water partition coefficient (Wildman–Crippen LogP) is 17.0. The zero-order valence-corrected chi connectivity index (χ0v) is 34.9. The van der Waals surface area contributed by atoms with E-state index in [9.17, 15) is 0 Å². The van der Waals surface area contributed by atoms with Crippen molar-refractivity contribution in [1.82, 2.24) is 4.57 Å². The zero-order valence-electron chi connectivity index (χ0n) is 34.9. The standard InChI is InChI=1S/C60H40N4/c1-4-21-45(22-5-1)61(46-23-6-2-7-24-46)53-28-14-27-51-52(53)39-50-40-58(51)64(49-36-34-42-18-11-13-20-44(42)38-49)57-32-16-31-56-60(57)59-54(29-15-30-55(59)63(56)47-25-8-3-9-26-47)62(50)48-35-33-41-17-10-12-19-43(41)37-48/h1-40H. The molecule has 0 radical (unpaired) electrons. The van der Waals surface area contributed by atoms with Gasteiger partial charge in [-0.15, -0.1) is 0 Å². The largest absolute Gasteiger partial charge is 0.310 e. The summed E-state index contributed by atoms with van der Waals surface area (Å²) in [5, 5.41) is 9.47. The van der Waals surface area contributed by atoms with Gasteiger partial charge in [0, 0.05) is 55.7 Å². The zero-order chi connectivity index (χ0) is 42.1. The van der Waals surface area contributed by atoms with Crippen LogP contribution in [0.2, 0.25) is 0 Å². The Hall–Kier alpha value is -8.60. The van der Waals surface area contributed by atoms with Crippen LogP contribution in [0.4, 0.5) is 51.2 Å². The van der Waals surface area contributed by atoms with Gasteiger partial charge in [-0.1, -0.05) is 140 Å². The third kappa shape index (κ3) is 5.63. The number of hydrogen-bond donors (Lipinski definition) is 0. The fourth-order valence-electron chi connectivity index (χ4n) is 10.2. The molecular formula is C60H40N4. The molecule has 11 aromatic carbocycles. The molecule has 0 atom stereocenters. The summed E-state index contributed by atoms with van der Waals surface area (Å²) in [5.41, 5.74) is 13.3. The van der Waals surface area contributed by atoms with Gasteiger partial charge in [0.2, 0.25) is 0 Å². The second-order valence-electron chi connectivity index (χ2n) is 16.6. The van der Waals surface area contributed by atoms with Gasteiger partial charge in [-0.3, -0.25) is 0 Å². The van der Waals surface area contributed by atoms with E-state index in [1.54, 1.807) is 0 Å². The molecule has 64 heavy (non-hydrogen) atoms. The van der Waals surface area contributed by atoms with E-state index in [1.165, 1.54) is 32.3 Å². The highest BCUT2D eigenvalue weighted by Crippen LogP contribution is 2.54. The number of fused-ring (bicyclic) bond motifs is 6. The number of para-hydroxylation sites is 3. The van der Waals surface area contributed by atoms with Crippen molar-refractivity contribution in [2.24, 2.45) is 0 Å². The second-order valence-corrected chi connectivity index (χ2v) is 16.6. The van der Waals surface area contributed by atoms with Gasteiger partial charge in [-0.25, -0.2) is 0 Å². The van der Waals surface area contributed by atoms with Crippen LogP contribution in [0.5, 0.6) is 0 Å². The molecule has 2 bridgehead atoms. The van der Waals surface area contributed by atoms with E-state index in [-0.39, 0.29) is 0 Å². The molecule has 13 rings (SSSR count). The lowest BCUT2D eigenvalue weighted by atomic mass is 10.0. The molecule has 0 aliphatic carbocycles. The van der Waals surface area contributed by atoms with Gasteiger partial charge in [0.1, 0.15) is 0 Å². The summed E-state index contributed by atoms with van der Waals surface area (Å²) in [6.07, 6.45) is 0. The van der Waals surface area contributed by atoms with Crippen LogP contribution in [0.25, 0.3) is 59.8 Å². The Labute approximate surface area is 371 Å². The molecule has 4 heteroatoms. The van der Waals surface area contributed by atoms with Gasteiger partial charge in [0.25, 0.3) is 0 Å². The van der Waals surface area contributed by atoms with Gasteiger partial charge >= 0.3 is 0 Å². The minimum absolute atomic E-state index is 1.07. The average Bonchev–Trinajstić information content (AvgIpc) is 3.72. The second kappa shape index (κ2) is 14.5. The van der Waals surface area contributed by atoms with E-state index in [0.717, 1.165) is 78.7 Å². The molecule has 4 nitrogen and oxygen atoms in total. The first-order valence-electron chi connectivity index (χ1n) is 21.9. The minimum atomic E-state index is 1.07. The minimum Gasteiger partial charge on any atom is -0.310 e. The molecule has 12 aromatic rings. The lowest BCUT2D eigenvalue weighted by Gasteiger charge is -2.32. The Morgan fingerprint density at radius 3 is 1.38 bits per heavy atom. The van der Waals surface area contributed by atoms with E-state index in [4.69, 9.17) is 0 Å². The highest BCUT2D eigenvalue weighted by molar-refractivity contribution is 6.24. The molecule has 0 spiro atoms. The molecule has 1 aliphatic heterocycles. The van der Waals surface area contributed by atoms with Gasteiger partial charge in [0.15, 0.2) is 0 Å². The van der Waals surface area contributed by atoms with Crippen molar-refractivity contribution in [2.45, 2.75) is 0 Å². The molecule has 300 valence electrons. The van der Waals surface area contributed by atoms with Crippen LogP contribution >= 0.6 is 0 Å². The number of nitrogens with zero attached hydrogens (tertiary/aromatic N) is 4. The fourth-order valence-corrected chi connectivity index (χ4v) is 10.2. The Balaban J connectivity index is 1.22. The number of rotatable bonds is 6. The van der Waals surface area contributed by atoms with Crippen LogP contribution in [-0.2, 0) is 0 Å². The Morgan fingerprint density at radius 2 is 0.781 bits per heavy atom. The summed E-state index contributed by atoms with van der Waals surface area (Å²) in [5.74, 6) is 0. The van der Waals surface area contributed by atoms with Crippen LogP contribution in [-0.4, -0.2) is 4.57 Å². The Bertz CT molecular complexity index is 3710. The fraction of sp³-hybridized carbons (Fsp3) is 0. The summed E-state index contributed by atoms with van der Waals surface area (Å²) in [6, 6.07) is 88.7. The normalized spacial score (nSPS) is 12.3.